The predicted molar refractivity (Wildman–Crippen MR) is 77.7 cm³/mol. The van der Waals surface area contributed by atoms with Gasteiger partial charge in [0.05, 0.1) is 5.69 Å². The summed E-state index contributed by atoms with van der Waals surface area (Å²) >= 11 is 0. The third kappa shape index (κ3) is 4.12. The molecular weight excluding hydrogens is 294 g/mol. The average molecular weight is 307 g/mol. The molecule has 0 aliphatic heterocycles. The van der Waals surface area contributed by atoms with Crippen molar-refractivity contribution in [1.29, 1.82) is 0 Å². The van der Waals surface area contributed by atoms with Crippen molar-refractivity contribution in [3.05, 3.63) is 54.6 Å². The lowest BCUT2D eigenvalue weighted by Gasteiger charge is -2.17. The molecule has 0 aliphatic rings. The number of hydrogen-bond acceptors (Lipinski definition) is 4. The van der Waals surface area contributed by atoms with Crippen LogP contribution < -0.4 is 5.06 Å². The number of carbonyl (C=O) groups excluding carboxylic acids is 1. The molecule has 0 aromatic heterocycles. The largest absolute Gasteiger partial charge is 0.418 e. The molecule has 0 saturated heterocycles. The van der Waals surface area contributed by atoms with E-state index in [0.717, 1.165) is 18.1 Å². The summed E-state index contributed by atoms with van der Waals surface area (Å²) in [5.41, 5.74) is 2.07. The number of benzene rings is 2. The fourth-order valence-corrected chi connectivity index (χ4v) is 2.17. The van der Waals surface area contributed by atoms with Crippen LogP contribution in [-0.2, 0) is 19.5 Å². The SMILES string of the molecule is CC(=O)N(OS(=O)(=O)O)c1ccc(-c2ccccc2)cc1. The van der Waals surface area contributed by atoms with E-state index in [4.69, 9.17) is 4.55 Å². The Morgan fingerprint density at radius 3 is 2.00 bits per heavy atom. The summed E-state index contributed by atoms with van der Waals surface area (Å²) in [6.07, 6.45) is 0. The zero-order valence-electron chi connectivity index (χ0n) is 11.1. The molecule has 0 heterocycles. The molecule has 0 saturated carbocycles. The molecule has 21 heavy (non-hydrogen) atoms. The zero-order valence-corrected chi connectivity index (χ0v) is 11.9. The Balaban J connectivity index is 2.30. The molecule has 0 bridgehead atoms. The van der Waals surface area contributed by atoms with Crippen molar-refractivity contribution < 1.29 is 22.0 Å². The molecule has 2 aromatic carbocycles. The fourth-order valence-electron chi connectivity index (χ4n) is 1.79. The molecule has 110 valence electrons. The Hall–Kier alpha value is -2.22. The van der Waals surface area contributed by atoms with Crippen LogP contribution in [0.3, 0.4) is 0 Å². The molecule has 0 atom stereocenters. The Morgan fingerprint density at radius 1 is 1.00 bits per heavy atom. The van der Waals surface area contributed by atoms with Crippen molar-refractivity contribution in [3.8, 4) is 11.1 Å². The summed E-state index contributed by atoms with van der Waals surface area (Å²) in [5.74, 6) is -0.680. The van der Waals surface area contributed by atoms with Crippen molar-refractivity contribution in [1.82, 2.24) is 0 Å². The highest BCUT2D eigenvalue weighted by Gasteiger charge is 2.19. The van der Waals surface area contributed by atoms with Gasteiger partial charge in [0.1, 0.15) is 0 Å². The fraction of sp³-hybridized carbons (Fsp3) is 0.0714. The molecular formula is C14H13NO5S. The summed E-state index contributed by atoms with van der Waals surface area (Å²) in [6, 6.07) is 16.0. The third-order valence-electron chi connectivity index (χ3n) is 2.66. The van der Waals surface area contributed by atoms with Crippen LogP contribution in [0, 0.1) is 0 Å². The van der Waals surface area contributed by atoms with E-state index in [2.05, 4.69) is 4.28 Å². The second-order valence-corrected chi connectivity index (χ2v) is 5.23. The monoisotopic (exact) mass is 307 g/mol. The second kappa shape index (κ2) is 6.04. The number of nitrogens with zero attached hydrogens (tertiary/aromatic N) is 1. The predicted octanol–water partition coefficient (Wildman–Crippen LogP) is 2.44. The van der Waals surface area contributed by atoms with Crippen LogP contribution in [-0.4, -0.2) is 18.9 Å². The molecule has 2 aromatic rings. The number of amides is 1. The van der Waals surface area contributed by atoms with Gasteiger partial charge in [0.15, 0.2) is 0 Å². The number of anilines is 1. The average Bonchev–Trinajstić information content (AvgIpc) is 2.45. The van der Waals surface area contributed by atoms with Crippen LogP contribution in [0.5, 0.6) is 0 Å². The molecule has 0 unspecified atom stereocenters. The van der Waals surface area contributed by atoms with Gasteiger partial charge in [-0.05, 0) is 23.3 Å². The van der Waals surface area contributed by atoms with E-state index in [1.54, 1.807) is 12.1 Å². The normalized spacial score (nSPS) is 11.1. The molecule has 6 nitrogen and oxygen atoms in total. The summed E-state index contributed by atoms with van der Waals surface area (Å²) in [5, 5.41) is 0.504. The number of rotatable bonds is 4. The molecule has 2 rings (SSSR count). The van der Waals surface area contributed by atoms with Gasteiger partial charge in [-0.25, -0.2) is 0 Å². The topological polar surface area (TPSA) is 83.9 Å². The first-order valence-corrected chi connectivity index (χ1v) is 7.36. The van der Waals surface area contributed by atoms with E-state index in [0.29, 0.717) is 5.06 Å². The highest BCUT2D eigenvalue weighted by molar-refractivity contribution is 7.81. The Morgan fingerprint density at radius 2 is 1.52 bits per heavy atom. The van der Waals surface area contributed by atoms with E-state index < -0.39 is 16.3 Å². The van der Waals surface area contributed by atoms with Crippen molar-refractivity contribution in [3.63, 3.8) is 0 Å². The van der Waals surface area contributed by atoms with Crippen LogP contribution in [0.1, 0.15) is 6.92 Å². The molecule has 7 heteroatoms. The Labute approximate surface area is 122 Å². The first-order chi connectivity index (χ1) is 9.87. The van der Waals surface area contributed by atoms with E-state index in [1.165, 1.54) is 12.1 Å². The lowest BCUT2D eigenvalue weighted by Crippen LogP contribution is -2.31. The van der Waals surface area contributed by atoms with Gasteiger partial charge >= 0.3 is 10.4 Å². The number of carbonyl (C=O) groups is 1. The standard InChI is InChI=1S/C14H13NO5S/c1-11(16)15(20-21(17,18)19)14-9-7-13(8-10-14)12-5-3-2-4-6-12/h2-10H,1H3,(H,17,18,19). The highest BCUT2D eigenvalue weighted by Crippen LogP contribution is 2.23. The van der Waals surface area contributed by atoms with Crippen molar-refractivity contribution in [2.24, 2.45) is 0 Å². The van der Waals surface area contributed by atoms with Gasteiger partial charge in [-0.15, -0.1) is 4.28 Å². The minimum Gasteiger partial charge on any atom is -0.272 e. The van der Waals surface area contributed by atoms with Gasteiger partial charge in [-0.3, -0.25) is 9.35 Å². The molecule has 0 radical (unpaired) electrons. The van der Waals surface area contributed by atoms with Gasteiger partial charge in [-0.1, -0.05) is 42.5 Å². The van der Waals surface area contributed by atoms with Gasteiger partial charge in [0.25, 0.3) is 0 Å². The van der Waals surface area contributed by atoms with Gasteiger partial charge in [-0.2, -0.15) is 13.5 Å². The maximum atomic E-state index is 11.4. The van der Waals surface area contributed by atoms with Crippen LogP contribution in [0.25, 0.3) is 11.1 Å². The first kappa shape index (κ1) is 15.2. The highest BCUT2D eigenvalue weighted by atomic mass is 32.3. The smallest absolute Gasteiger partial charge is 0.272 e. The van der Waals surface area contributed by atoms with Crippen molar-refractivity contribution >= 4 is 22.0 Å². The van der Waals surface area contributed by atoms with Gasteiger partial charge in [0, 0.05) is 6.92 Å². The summed E-state index contributed by atoms with van der Waals surface area (Å²) in [7, 11) is -4.77. The Bertz CT molecular complexity index is 726. The van der Waals surface area contributed by atoms with E-state index >= 15 is 0 Å². The molecule has 0 fully saturated rings. The summed E-state index contributed by atoms with van der Waals surface area (Å²) in [4.78, 5) is 11.4. The lowest BCUT2D eigenvalue weighted by atomic mass is 10.1. The van der Waals surface area contributed by atoms with Crippen LogP contribution in [0.15, 0.2) is 54.6 Å². The molecule has 0 aliphatic carbocycles. The maximum absolute atomic E-state index is 11.4. The van der Waals surface area contributed by atoms with Gasteiger partial charge < -0.3 is 0 Å². The summed E-state index contributed by atoms with van der Waals surface area (Å²) < 4.78 is 34.4. The zero-order chi connectivity index (χ0) is 15.5. The van der Waals surface area contributed by atoms with Crippen LogP contribution >= 0.6 is 0 Å². The van der Waals surface area contributed by atoms with Crippen molar-refractivity contribution in [2.45, 2.75) is 6.92 Å². The van der Waals surface area contributed by atoms with E-state index in [1.807, 2.05) is 30.3 Å². The Kier molecular flexibility index (Phi) is 4.37. The number of hydroxylamine groups is 1. The van der Waals surface area contributed by atoms with E-state index in [9.17, 15) is 13.2 Å². The first-order valence-electron chi connectivity index (χ1n) is 6.00. The number of hydrogen-bond donors (Lipinski definition) is 1. The lowest BCUT2D eigenvalue weighted by molar-refractivity contribution is -0.120. The van der Waals surface area contributed by atoms with Gasteiger partial charge in [0.2, 0.25) is 5.91 Å². The second-order valence-electron chi connectivity index (χ2n) is 4.23. The van der Waals surface area contributed by atoms with Crippen molar-refractivity contribution in [2.75, 3.05) is 5.06 Å². The summed E-state index contributed by atoms with van der Waals surface area (Å²) in [6.45, 7) is 1.12. The molecule has 1 N–H and O–H groups in total. The molecule has 1 amide bonds. The third-order valence-corrected chi connectivity index (χ3v) is 3.00. The van der Waals surface area contributed by atoms with Crippen LogP contribution in [0.4, 0.5) is 5.69 Å². The maximum Gasteiger partial charge on any atom is 0.418 e. The minimum absolute atomic E-state index is 0.194. The molecule has 0 spiro atoms. The van der Waals surface area contributed by atoms with Crippen LogP contribution in [0.2, 0.25) is 0 Å². The van der Waals surface area contributed by atoms with E-state index in [-0.39, 0.29) is 5.69 Å². The minimum atomic E-state index is -4.77. The quantitative estimate of drug-likeness (QED) is 0.693.